The molecule has 4 rings (SSSR count). The normalized spacial score (nSPS) is 18.3. The SMILES string of the molecule is CC(NC(=O)c1ccc2c(c1)SC1=NS(=O)(=O)CCN12)c1ccccc1Cl. The van der Waals surface area contributed by atoms with Gasteiger partial charge in [0.15, 0.2) is 5.17 Å². The first-order valence-corrected chi connectivity index (χ1v) is 11.1. The third-order valence-electron chi connectivity index (χ3n) is 4.45. The van der Waals surface area contributed by atoms with E-state index in [1.165, 1.54) is 11.8 Å². The van der Waals surface area contributed by atoms with Crippen LogP contribution in [-0.2, 0) is 10.0 Å². The summed E-state index contributed by atoms with van der Waals surface area (Å²) in [6.07, 6.45) is 0. The van der Waals surface area contributed by atoms with Crippen LogP contribution in [0.3, 0.4) is 0 Å². The van der Waals surface area contributed by atoms with Gasteiger partial charge in [0.2, 0.25) is 0 Å². The number of carbonyl (C=O) groups excluding carboxylic acids is 1. The third-order valence-corrected chi connectivity index (χ3v) is 7.10. The molecule has 1 atom stereocenters. The molecule has 0 aromatic heterocycles. The van der Waals surface area contributed by atoms with Crippen molar-refractivity contribution >= 4 is 50.1 Å². The summed E-state index contributed by atoms with van der Waals surface area (Å²) in [5.41, 5.74) is 2.23. The predicted octanol–water partition coefficient (Wildman–Crippen LogP) is 3.44. The van der Waals surface area contributed by atoms with E-state index in [1.807, 2.05) is 36.1 Å². The van der Waals surface area contributed by atoms with Gasteiger partial charge in [-0.3, -0.25) is 4.79 Å². The molecule has 6 nitrogen and oxygen atoms in total. The van der Waals surface area contributed by atoms with Crippen LogP contribution in [0.1, 0.15) is 28.9 Å². The molecule has 2 heterocycles. The number of nitrogens with one attached hydrogen (secondary N) is 1. The Morgan fingerprint density at radius 2 is 2.07 bits per heavy atom. The fraction of sp³-hybridized carbons (Fsp3) is 0.222. The highest BCUT2D eigenvalue weighted by atomic mass is 35.5. The number of anilines is 1. The number of thioether (sulfide) groups is 1. The summed E-state index contributed by atoms with van der Waals surface area (Å²) in [5, 5.41) is 3.99. The maximum Gasteiger partial charge on any atom is 0.257 e. The Bertz CT molecular complexity index is 1070. The van der Waals surface area contributed by atoms with Gasteiger partial charge < -0.3 is 10.2 Å². The number of amidine groups is 1. The number of hydrogen-bond donors (Lipinski definition) is 1. The van der Waals surface area contributed by atoms with Gasteiger partial charge in [-0.25, -0.2) is 8.42 Å². The minimum Gasteiger partial charge on any atom is -0.345 e. The number of rotatable bonds is 3. The Labute approximate surface area is 166 Å². The molecule has 0 spiro atoms. The second-order valence-electron chi connectivity index (χ2n) is 6.31. The lowest BCUT2D eigenvalue weighted by Crippen LogP contribution is -2.35. The fourth-order valence-corrected chi connectivity index (χ4v) is 5.65. The van der Waals surface area contributed by atoms with Crippen molar-refractivity contribution in [2.45, 2.75) is 17.9 Å². The summed E-state index contributed by atoms with van der Waals surface area (Å²) in [7, 11) is -3.40. The van der Waals surface area contributed by atoms with Gasteiger partial charge in [0.1, 0.15) is 0 Å². The fourth-order valence-electron chi connectivity index (χ4n) is 3.06. The molecule has 0 saturated heterocycles. The number of halogens is 1. The Kier molecular flexibility index (Phi) is 4.65. The highest BCUT2D eigenvalue weighted by Gasteiger charge is 2.33. The number of carbonyl (C=O) groups is 1. The smallest absolute Gasteiger partial charge is 0.257 e. The lowest BCUT2D eigenvalue weighted by molar-refractivity contribution is 0.0939. The van der Waals surface area contributed by atoms with Crippen molar-refractivity contribution < 1.29 is 13.2 Å². The highest BCUT2D eigenvalue weighted by molar-refractivity contribution is 8.15. The van der Waals surface area contributed by atoms with Crippen LogP contribution in [0.5, 0.6) is 0 Å². The van der Waals surface area contributed by atoms with Gasteiger partial charge in [-0.2, -0.15) is 0 Å². The zero-order chi connectivity index (χ0) is 19.2. The van der Waals surface area contributed by atoms with Crippen molar-refractivity contribution in [3.8, 4) is 0 Å². The van der Waals surface area contributed by atoms with Crippen LogP contribution in [0.25, 0.3) is 0 Å². The van der Waals surface area contributed by atoms with Gasteiger partial charge >= 0.3 is 0 Å². The minimum atomic E-state index is -3.40. The maximum absolute atomic E-state index is 12.7. The zero-order valence-corrected chi connectivity index (χ0v) is 16.7. The molecule has 9 heteroatoms. The van der Waals surface area contributed by atoms with Gasteiger partial charge in [0.25, 0.3) is 15.9 Å². The van der Waals surface area contributed by atoms with Gasteiger partial charge in [-0.1, -0.05) is 29.8 Å². The Hall–Kier alpha value is -2.03. The topological polar surface area (TPSA) is 78.8 Å². The first-order chi connectivity index (χ1) is 12.8. The molecule has 0 radical (unpaired) electrons. The van der Waals surface area contributed by atoms with Crippen molar-refractivity contribution in [3.63, 3.8) is 0 Å². The van der Waals surface area contributed by atoms with Crippen LogP contribution in [0.2, 0.25) is 5.02 Å². The van der Waals surface area contributed by atoms with E-state index in [4.69, 9.17) is 11.6 Å². The summed E-state index contributed by atoms with van der Waals surface area (Å²) < 4.78 is 27.2. The van der Waals surface area contributed by atoms with Crippen LogP contribution < -0.4 is 10.2 Å². The molecule has 2 aliphatic rings. The molecule has 0 fully saturated rings. The Morgan fingerprint density at radius 3 is 2.85 bits per heavy atom. The molecule has 0 bridgehead atoms. The molecule has 0 aliphatic carbocycles. The number of hydrogen-bond acceptors (Lipinski definition) is 5. The summed E-state index contributed by atoms with van der Waals surface area (Å²) in [6, 6.07) is 12.5. The minimum absolute atomic E-state index is 0.00587. The van der Waals surface area contributed by atoms with E-state index >= 15 is 0 Å². The van der Waals surface area contributed by atoms with E-state index < -0.39 is 10.0 Å². The summed E-state index contributed by atoms with van der Waals surface area (Å²) in [4.78, 5) is 15.3. The molecule has 2 aromatic carbocycles. The summed E-state index contributed by atoms with van der Waals surface area (Å²) in [6.45, 7) is 2.25. The molecular formula is C18H16ClN3O3S2. The summed E-state index contributed by atoms with van der Waals surface area (Å²) >= 11 is 7.46. The van der Waals surface area contributed by atoms with Gasteiger partial charge in [0.05, 0.1) is 17.5 Å². The van der Waals surface area contributed by atoms with E-state index in [0.717, 1.165) is 16.1 Å². The largest absolute Gasteiger partial charge is 0.345 e. The van der Waals surface area contributed by atoms with E-state index in [-0.39, 0.29) is 17.7 Å². The molecule has 140 valence electrons. The van der Waals surface area contributed by atoms with Crippen molar-refractivity contribution in [3.05, 3.63) is 58.6 Å². The number of benzene rings is 2. The Morgan fingerprint density at radius 1 is 1.30 bits per heavy atom. The van der Waals surface area contributed by atoms with Crippen LogP contribution in [-0.4, -0.2) is 31.8 Å². The lowest BCUT2D eigenvalue weighted by Gasteiger charge is -2.22. The molecule has 1 unspecified atom stereocenters. The van der Waals surface area contributed by atoms with Crippen molar-refractivity contribution in [1.82, 2.24) is 5.32 Å². The first kappa shape index (κ1) is 18.3. The van der Waals surface area contributed by atoms with E-state index in [9.17, 15) is 13.2 Å². The second kappa shape index (κ2) is 6.85. The number of fused-ring (bicyclic) bond motifs is 3. The van der Waals surface area contributed by atoms with Crippen molar-refractivity contribution in [2.24, 2.45) is 4.40 Å². The first-order valence-electron chi connectivity index (χ1n) is 8.31. The van der Waals surface area contributed by atoms with Crippen LogP contribution >= 0.6 is 23.4 Å². The number of nitrogens with zero attached hydrogens (tertiary/aromatic N) is 2. The second-order valence-corrected chi connectivity index (χ2v) is 9.48. The highest BCUT2D eigenvalue weighted by Crippen LogP contribution is 2.42. The lowest BCUT2D eigenvalue weighted by atomic mass is 10.1. The van der Waals surface area contributed by atoms with Crippen LogP contribution in [0, 0.1) is 0 Å². The van der Waals surface area contributed by atoms with Crippen LogP contribution in [0.15, 0.2) is 51.8 Å². The Balaban J connectivity index is 1.55. The standard InChI is InChI=1S/C18H16ClN3O3S2/c1-11(13-4-2-3-5-14(13)19)20-17(23)12-6-7-15-16(10-12)26-18-21-27(24,25)9-8-22(15)18/h2-7,10-11H,8-9H2,1H3,(H,20,23). The van der Waals surface area contributed by atoms with E-state index in [1.54, 1.807) is 18.2 Å². The predicted molar refractivity (Wildman–Crippen MR) is 108 cm³/mol. The quantitative estimate of drug-likeness (QED) is 0.821. The maximum atomic E-state index is 12.7. The van der Waals surface area contributed by atoms with Crippen molar-refractivity contribution in [1.29, 1.82) is 0 Å². The summed E-state index contributed by atoms with van der Waals surface area (Å²) in [5.74, 6) is -0.223. The van der Waals surface area contributed by atoms with Gasteiger partial charge in [0, 0.05) is 22.0 Å². The number of amides is 1. The molecule has 27 heavy (non-hydrogen) atoms. The average molecular weight is 422 g/mol. The molecule has 2 aromatic rings. The molecular weight excluding hydrogens is 406 g/mol. The average Bonchev–Trinajstić information content (AvgIpc) is 2.96. The van der Waals surface area contributed by atoms with Gasteiger partial charge in [-0.05, 0) is 48.5 Å². The number of sulfonamides is 1. The molecule has 1 amide bonds. The van der Waals surface area contributed by atoms with E-state index in [0.29, 0.717) is 22.3 Å². The molecule has 2 aliphatic heterocycles. The van der Waals surface area contributed by atoms with Crippen LogP contribution in [0.4, 0.5) is 5.69 Å². The third kappa shape index (κ3) is 3.56. The van der Waals surface area contributed by atoms with Crippen molar-refractivity contribution in [2.75, 3.05) is 17.2 Å². The van der Waals surface area contributed by atoms with Gasteiger partial charge in [-0.15, -0.1) is 4.40 Å². The molecule has 1 N–H and O–H groups in total. The molecule has 0 saturated carbocycles. The zero-order valence-electron chi connectivity index (χ0n) is 14.3. The monoisotopic (exact) mass is 421 g/mol. The van der Waals surface area contributed by atoms with E-state index in [2.05, 4.69) is 9.71 Å².